The van der Waals surface area contributed by atoms with Crippen molar-refractivity contribution in [1.29, 1.82) is 0 Å². The van der Waals surface area contributed by atoms with Gasteiger partial charge in [-0.05, 0) is 66.0 Å². The maximum Gasteiger partial charge on any atom is 0.0412 e. The summed E-state index contributed by atoms with van der Waals surface area (Å²) in [6.07, 6.45) is 3.30. The topological polar surface area (TPSA) is 0 Å². The lowest BCUT2D eigenvalue weighted by atomic mass is 9.79. The first kappa shape index (κ1) is 14.4. The van der Waals surface area contributed by atoms with E-state index in [2.05, 4.69) is 44.7 Å². The second-order valence-corrected chi connectivity index (χ2v) is 7.16. The van der Waals surface area contributed by atoms with Crippen LogP contribution in [0.1, 0.15) is 35.6 Å². The minimum absolute atomic E-state index is 0.273. The highest BCUT2D eigenvalue weighted by Crippen LogP contribution is 2.43. The zero-order valence-corrected chi connectivity index (χ0v) is 13.5. The van der Waals surface area contributed by atoms with Crippen molar-refractivity contribution in [3.05, 3.63) is 76.3 Å². The summed E-state index contributed by atoms with van der Waals surface area (Å²) in [6.45, 7) is 8.84. The van der Waals surface area contributed by atoms with Gasteiger partial charge in [0.15, 0.2) is 0 Å². The highest BCUT2D eigenvalue weighted by atomic mass is 35.5. The number of benzene rings is 2. The van der Waals surface area contributed by atoms with Crippen LogP contribution in [0.25, 0.3) is 5.57 Å². The quantitative estimate of drug-likeness (QED) is 0.666. The van der Waals surface area contributed by atoms with E-state index in [1.807, 2.05) is 18.2 Å². The summed E-state index contributed by atoms with van der Waals surface area (Å²) in [5, 5.41) is 0.782. The Kier molecular flexibility index (Phi) is 3.67. The molecule has 1 atom stereocenters. The number of aryl methyl sites for hydroxylation is 1. The second kappa shape index (κ2) is 5.35. The number of halogens is 1. The normalized spacial score (nSPS) is 20.3. The second-order valence-electron chi connectivity index (χ2n) is 6.73. The van der Waals surface area contributed by atoms with Gasteiger partial charge in [0.2, 0.25) is 0 Å². The number of hydrogen-bond acceptors (Lipinski definition) is 0. The van der Waals surface area contributed by atoms with Crippen LogP contribution in [0.5, 0.6) is 0 Å². The van der Waals surface area contributed by atoms with E-state index in [1.54, 1.807) is 0 Å². The lowest BCUT2D eigenvalue weighted by Gasteiger charge is -2.25. The summed E-state index contributed by atoms with van der Waals surface area (Å²) in [7, 11) is 0. The average molecular weight is 297 g/mol. The molecule has 0 saturated heterocycles. The van der Waals surface area contributed by atoms with E-state index in [-0.39, 0.29) is 5.41 Å². The van der Waals surface area contributed by atoms with Crippen LogP contribution >= 0.6 is 11.6 Å². The van der Waals surface area contributed by atoms with Crippen LogP contribution in [0.15, 0.2) is 49.0 Å². The number of fused-ring (bicyclic) bond motifs is 1. The fraction of sp³-hybridized carbons (Fsp3) is 0.300. The maximum absolute atomic E-state index is 6.09. The molecule has 3 rings (SSSR count). The molecule has 0 radical (unpaired) electrons. The van der Waals surface area contributed by atoms with Gasteiger partial charge < -0.3 is 0 Å². The molecular weight excluding hydrogens is 276 g/mol. The molecule has 2 aromatic carbocycles. The maximum atomic E-state index is 6.09. The molecule has 0 spiro atoms. The third-order valence-corrected chi connectivity index (χ3v) is 4.70. The van der Waals surface area contributed by atoms with Crippen LogP contribution in [-0.2, 0) is 12.8 Å². The lowest BCUT2D eigenvalue weighted by Crippen LogP contribution is -2.16. The van der Waals surface area contributed by atoms with Gasteiger partial charge in [0, 0.05) is 5.02 Å². The van der Waals surface area contributed by atoms with Crippen LogP contribution < -0.4 is 0 Å². The highest BCUT2D eigenvalue weighted by Gasteiger charge is 2.33. The Morgan fingerprint density at radius 3 is 2.67 bits per heavy atom. The molecular formula is C20H21Cl. The Bertz CT molecular complexity index is 699. The minimum atomic E-state index is 0.273. The van der Waals surface area contributed by atoms with Crippen molar-refractivity contribution < 1.29 is 0 Å². The van der Waals surface area contributed by atoms with Gasteiger partial charge in [-0.25, -0.2) is 0 Å². The average Bonchev–Trinajstić information content (AvgIpc) is 2.73. The van der Waals surface area contributed by atoms with Crippen molar-refractivity contribution in [3.63, 3.8) is 0 Å². The summed E-state index contributed by atoms with van der Waals surface area (Å²) < 4.78 is 0. The fourth-order valence-corrected chi connectivity index (χ4v) is 3.71. The van der Waals surface area contributed by atoms with Crippen molar-refractivity contribution in [2.45, 2.75) is 33.1 Å². The zero-order chi connectivity index (χ0) is 15.0. The molecule has 0 fully saturated rings. The van der Waals surface area contributed by atoms with E-state index < -0.39 is 0 Å². The minimum Gasteiger partial charge on any atom is -0.0952 e. The van der Waals surface area contributed by atoms with Crippen LogP contribution in [0.2, 0.25) is 5.02 Å². The molecule has 1 aliphatic carbocycles. The smallest absolute Gasteiger partial charge is 0.0412 e. The Morgan fingerprint density at radius 1 is 1.14 bits per heavy atom. The van der Waals surface area contributed by atoms with Gasteiger partial charge in [-0.3, -0.25) is 0 Å². The molecule has 0 N–H and O–H groups in total. The zero-order valence-electron chi connectivity index (χ0n) is 12.7. The van der Waals surface area contributed by atoms with E-state index in [4.69, 9.17) is 11.6 Å². The molecule has 2 aromatic rings. The SMILES string of the molecule is C=C(CC1(C)Cc2ccc(C)cc2C1)c1cccc(Cl)c1. The first-order valence-electron chi connectivity index (χ1n) is 7.47. The molecule has 0 nitrogen and oxygen atoms in total. The highest BCUT2D eigenvalue weighted by molar-refractivity contribution is 6.30. The molecule has 0 saturated carbocycles. The van der Waals surface area contributed by atoms with Crippen LogP contribution in [0.4, 0.5) is 0 Å². The summed E-state index contributed by atoms with van der Waals surface area (Å²) in [5.74, 6) is 0. The van der Waals surface area contributed by atoms with Gasteiger partial charge in [-0.2, -0.15) is 0 Å². The van der Waals surface area contributed by atoms with Gasteiger partial charge in [0.05, 0.1) is 0 Å². The summed E-state index contributed by atoms with van der Waals surface area (Å²) in [6, 6.07) is 14.9. The summed E-state index contributed by atoms with van der Waals surface area (Å²) in [5.41, 5.74) is 6.99. The van der Waals surface area contributed by atoms with E-state index >= 15 is 0 Å². The lowest BCUT2D eigenvalue weighted by molar-refractivity contribution is 0.357. The number of hydrogen-bond donors (Lipinski definition) is 0. The molecule has 0 aliphatic heterocycles. The van der Waals surface area contributed by atoms with Gasteiger partial charge in [-0.1, -0.05) is 61.0 Å². The predicted molar refractivity (Wildman–Crippen MR) is 91.8 cm³/mol. The molecule has 0 bridgehead atoms. The van der Waals surface area contributed by atoms with E-state index in [9.17, 15) is 0 Å². The molecule has 1 unspecified atom stereocenters. The molecule has 108 valence electrons. The van der Waals surface area contributed by atoms with E-state index in [0.717, 1.165) is 29.8 Å². The monoisotopic (exact) mass is 296 g/mol. The van der Waals surface area contributed by atoms with Gasteiger partial charge >= 0.3 is 0 Å². The van der Waals surface area contributed by atoms with Crippen molar-refractivity contribution in [2.75, 3.05) is 0 Å². The van der Waals surface area contributed by atoms with E-state index in [0.29, 0.717) is 0 Å². The molecule has 0 aromatic heterocycles. The first-order valence-corrected chi connectivity index (χ1v) is 7.85. The predicted octanol–water partition coefficient (Wildman–Crippen LogP) is 5.86. The molecule has 0 heterocycles. The number of rotatable bonds is 3. The third-order valence-electron chi connectivity index (χ3n) is 4.47. The Balaban J connectivity index is 1.78. The standard InChI is InChI=1S/C20H21Cl/c1-14-7-8-17-12-20(3,13-18(17)9-14)11-15(2)16-5-4-6-19(21)10-16/h4-10H,2,11-13H2,1,3H3. The Hall–Kier alpha value is -1.53. The van der Waals surface area contributed by atoms with Crippen LogP contribution in [0, 0.1) is 12.3 Å². The van der Waals surface area contributed by atoms with Crippen molar-refractivity contribution >= 4 is 17.2 Å². The Morgan fingerprint density at radius 2 is 1.90 bits per heavy atom. The van der Waals surface area contributed by atoms with Crippen molar-refractivity contribution in [2.24, 2.45) is 5.41 Å². The molecule has 0 amide bonds. The van der Waals surface area contributed by atoms with Crippen LogP contribution in [0.3, 0.4) is 0 Å². The van der Waals surface area contributed by atoms with Crippen molar-refractivity contribution in [3.8, 4) is 0 Å². The summed E-state index contributed by atoms with van der Waals surface area (Å²) in [4.78, 5) is 0. The molecule has 1 heteroatoms. The fourth-order valence-electron chi connectivity index (χ4n) is 3.52. The van der Waals surface area contributed by atoms with Gasteiger partial charge in [-0.15, -0.1) is 0 Å². The number of allylic oxidation sites excluding steroid dienone is 1. The molecule has 21 heavy (non-hydrogen) atoms. The summed E-state index contributed by atoms with van der Waals surface area (Å²) >= 11 is 6.09. The van der Waals surface area contributed by atoms with Crippen molar-refractivity contribution in [1.82, 2.24) is 0 Å². The Labute approximate surface area is 132 Å². The van der Waals surface area contributed by atoms with Crippen LogP contribution in [-0.4, -0.2) is 0 Å². The van der Waals surface area contributed by atoms with E-state index in [1.165, 1.54) is 22.3 Å². The van der Waals surface area contributed by atoms with Gasteiger partial charge in [0.25, 0.3) is 0 Å². The van der Waals surface area contributed by atoms with Gasteiger partial charge in [0.1, 0.15) is 0 Å². The molecule has 1 aliphatic rings. The first-order chi connectivity index (χ1) is 9.95. The third kappa shape index (κ3) is 3.06. The largest absolute Gasteiger partial charge is 0.0952 e.